The standard InChI is InChI=1S/C11H14ClN5O/c1-2-18-6-5-17-11(14-15-16-17)8-3-4-9(12)10(13)7-8/h3-4,7H,2,5-6,13H2,1H3. The van der Waals surface area contributed by atoms with Gasteiger partial charge in [-0.3, -0.25) is 0 Å². The van der Waals surface area contributed by atoms with Crippen LogP contribution in [0.5, 0.6) is 0 Å². The molecule has 0 atom stereocenters. The highest BCUT2D eigenvalue weighted by Gasteiger charge is 2.09. The molecule has 0 saturated carbocycles. The number of rotatable bonds is 5. The van der Waals surface area contributed by atoms with Gasteiger partial charge in [0.25, 0.3) is 0 Å². The molecule has 0 aliphatic carbocycles. The topological polar surface area (TPSA) is 78.8 Å². The Morgan fingerprint density at radius 3 is 3.00 bits per heavy atom. The summed E-state index contributed by atoms with van der Waals surface area (Å²) in [7, 11) is 0. The fourth-order valence-electron chi connectivity index (χ4n) is 1.54. The van der Waals surface area contributed by atoms with E-state index in [4.69, 9.17) is 22.1 Å². The second-order valence-corrected chi connectivity index (χ2v) is 4.07. The van der Waals surface area contributed by atoms with Crippen LogP contribution in [-0.4, -0.2) is 33.4 Å². The summed E-state index contributed by atoms with van der Waals surface area (Å²) < 4.78 is 6.96. The van der Waals surface area contributed by atoms with E-state index >= 15 is 0 Å². The smallest absolute Gasteiger partial charge is 0.182 e. The average Bonchev–Trinajstić information content (AvgIpc) is 2.81. The number of hydrogen-bond acceptors (Lipinski definition) is 5. The van der Waals surface area contributed by atoms with Crippen molar-refractivity contribution in [2.45, 2.75) is 13.5 Å². The number of nitrogens with two attached hydrogens (primary N) is 1. The van der Waals surface area contributed by atoms with Gasteiger partial charge in [0.1, 0.15) is 0 Å². The van der Waals surface area contributed by atoms with Crippen LogP contribution in [0.1, 0.15) is 6.92 Å². The first-order valence-electron chi connectivity index (χ1n) is 5.61. The van der Waals surface area contributed by atoms with Crippen LogP contribution < -0.4 is 5.73 Å². The first-order valence-corrected chi connectivity index (χ1v) is 5.99. The maximum atomic E-state index is 5.88. The summed E-state index contributed by atoms with van der Waals surface area (Å²) in [5.41, 5.74) is 7.10. The van der Waals surface area contributed by atoms with E-state index in [0.717, 1.165) is 5.56 Å². The van der Waals surface area contributed by atoms with Crippen LogP contribution in [0.3, 0.4) is 0 Å². The monoisotopic (exact) mass is 267 g/mol. The van der Waals surface area contributed by atoms with Crippen molar-refractivity contribution < 1.29 is 4.74 Å². The molecular formula is C11H14ClN5O. The molecule has 7 heteroatoms. The summed E-state index contributed by atoms with van der Waals surface area (Å²) in [6, 6.07) is 5.32. The number of anilines is 1. The van der Waals surface area contributed by atoms with Crippen LogP contribution in [0.2, 0.25) is 5.02 Å². The second-order valence-electron chi connectivity index (χ2n) is 3.66. The quantitative estimate of drug-likeness (QED) is 0.658. The summed E-state index contributed by atoms with van der Waals surface area (Å²) in [5, 5.41) is 12.1. The third kappa shape index (κ3) is 2.77. The molecule has 96 valence electrons. The fraction of sp³-hybridized carbons (Fsp3) is 0.364. The van der Waals surface area contributed by atoms with E-state index < -0.39 is 0 Å². The average molecular weight is 268 g/mol. The molecule has 2 rings (SSSR count). The predicted molar refractivity (Wildman–Crippen MR) is 69.2 cm³/mol. The Hall–Kier alpha value is -1.66. The molecule has 1 heterocycles. The van der Waals surface area contributed by atoms with E-state index in [-0.39, 0.29) is 0 Å². The van der Waals surface area contributed by atoms with Crippen LogP contribution in [0, 0.1) is 0 Å². The Morgan fingerprint density at radius 1 is 1.44 bits per heavy atom. The number of nitrogens with zero attached hydrogens (tertiary/aromatic N) is 4. The largest absolute Gasteiger partial charge is 0.398 e. The lowest BCUT2D eigenvalue weighted by atomic mass is 10.2. The van der Waals surface area contributed by atoms with Crippen LogP contribution in [-0.2, 0) is 11.3 Å². The molecule has 0 bridgehead atoms. The van der Waals surface area contributed by atoms with Gasteiger partial charge in [0.2, 0.25) is 0 Å². The van der Waals surface area contributed by atoms with Crippen LogP contribution in [0.15, 0.2) is 18.2 Å². The minimum Gasteiger partial charge on any atom is -0.398 e. The summed E-state index contributed by atoms with van der Waals surface area (Å²) in [6.07, 6.45) is 0. The minimum absolute atomic E-state index is 0.508. The van der Waals surface area contributed by atoms with Gasteiger partial charge in [0.05, 0.1) is 23.9 Å². The van der Waals surface area contributed by atoms with E-state index in [1.54, 1.807) is 16.8 Å². The van der Waals surface area contributed by atoms with Crippen molar-refractivity contribution in [3.05, 3.63) is 23.2 Å². The number of benzene rings is 1. The molecule has 0 amide bonds. The second kappa shape index (κ2) is 5.79. The van der Waals surface area contributed by atoms with Crippen molar-refractivity contribution in [3.63, 3.8) is 0 Å². The summed E-state index contributed by atoms with van der Waals surface area (Å²) in [5.74, 6) is 0.651. The SMILES string of the molecule is CCOCCn1nnnc1-c1ccc(Cl)c(N)c1. The summed E-state index contributed by atoms with van der Waals surface area (Å²) in [6.45, 7) is 3.78. The van der Waals surface area contributed by atoms with Crippen LogP contribution in [0.25, 0.3) is 11.4 Å². The maximum absolute atomic E-state index is 5.88. The molecule has 0 aliphatic heterocycles. The lowest BCUT2D eigenvalue weighted by Crippen LogP contribution is -2.09. The Kier molecular flexibility index (Phi) is 4.11. The van der Waals surface area contributed by atoms with Crippen molar-refractivity contribution in [2.24, 2.45) is 0 Å². The molecule has 0 unspecified atom stereocenters. The molecule has 6 nitrogen and oxygen atoms in total. The highest BCUT2D eigenvalue weighted by Crippen LogP contribution is 2.24. The third-order valence-corrected chi connectivity index (χ3v) is 2.78. The van der Waals surface area contributed by atoms with Gasteiger partial charge in [-0.1, -0.05) is 11.6 Å². The van der Waals surface area contributed by atoms with Crippen molar-refractivity contribution in [2.75, 3.05) is 18.9 Å². The van der Waals surface area contributed by atoms with E-state index in [9.17, 15) is 0 Å². The molecule has 18 heavy (non-hydrogen) atoms. The molecule has 1 aromatic carbocycles. The number of tetrazole rings is 1. The number of nitrogen functional groups attached to an aromatic ring is 1. The van der Waals surface area contributed by atoms with E-state index in [1.807, 2.05) is 13.0 Å². The highest BCUT2D eigenvalue weighted by molar-refractivity contribution is 6.33. The van der Waals surface area contributed by atoms with Gasteiger partial charge in [-0.25, -0.2) is 4.68 Å². The molecule has 0 radical (unpaired) electrons. The van der Waals surface area contributed by atoms with E-state index in [2.05, 4.69) is 15.5 Å². The van der Waals surface area contributed by atoms with Gasteiger partial charge in [0, 0.05) is 12.2 Å². The van der Waals surface area contributed by atoms with Gasteiger partial charge >= 0.3 is 0 Å². The molecular weight excluding hydrogens is 254 g/mol. The van der Waals surface area contributed by atoms with Crippen molar-refractivity contribution in [1.82, 2.24) is 20.2 Å². The number of aromatic nitrogens is 4. The molecule has 0 saturated heterocycles. The predicted octanol–water partition coefficient (Wildman–Crippen LogP) is 1.61. The summed E-state index contributed by atoms with van der Waals surface area (Å²) in [4.78, 5) is 0. The molecule has 0 fully saturated rings. The van der Waals surface area contributed by atoms with Gasteiger partial charge in [0.15, 0.2) is 5.82 Å². The van der Waals surface area contributed by atoms with Gasteiger partial charge in [-0.15, -0.1) is 5.10 Å². The number of ether oxygens (including phenoxy) is 1. The minimum atomic E-state index is 0.508. The molecule has 2 aromatic rings. The third-order valence-electron chi connectivity index (χ3n) is 2.44. The zero-order chi connectivity index (χ0) is 13.0. The normalized spacial score (nSPS) is 10.8. The maximum Gasteiger partial charge on any atom is 0.182 e. The van der Waals surface area contributed by atoms with E-state index in [1.165, 1.54) is 0 Å². The molecule has 0 aliphatic rings. The fourth-order valence-corrected chi connectivity index (χ4v) is 1.66. The Balaban J connectivity index is 2.22. The Morgan fingerprint density at radius 2 is 2.28 bits per heavy atom. The zero-order valence-electron chi connectivity index (χ0n) is 10.0. The lowest BCUT2D eigenvalue weighted by Gasteiger charge is -2.06. The van der Waals surface area contributed by atoms with Gasteiger partial charge in [-0.05, 0) is 35.5 Å². The molecule has 0 spiro atoms. The Labute approximate surface area is 110 Å². The van der Waals surface area contributed by atoms with Crippen molar-refractivity contribution in [1.29, 1.82) is 0 Å². The Bertz CT molecular complexity index is 528. The van der Waals surface area contributed by atoms with Crippen LogP contribution >= 0.6 is 11.6 Å². The summed E-state index contributed by atoms with van der Waals surface area (Å²) >= 11 is 5.88. The van der Waals surface area contributed by atoms with Gasteiger partial charge < -0.3 is 10.5 Å². The highest BCUT2D eigenvalue weighted by atomic mass is 35.5. The lowest BCUT2D eigenvalue weighted by molar-refractivity contribution is 0.136. The molecule has 1 aromatic heterocycles. The first kappa shape index (κ1) is 12.8. The van der Waals surface area contributed by atoms with Gasteiger partial charge in [-0.2, -0.15) is 0 Å². The molecule has 2 N–H and O–H groups in total. The number of hydrogen-bond donors (Lipinski definition) is 1. The first-order chi connectivity index (χ1) is 8.72. The van der Waals surface area contributed by atoms with Crippen molar-refractivity contribution >= 4 is 17.3 Å². The van der Waals surface area contributed by atoms with E-state index in [0.29, 0.717) is 36.3 Å². The van der Waals surface area contributed by atoms with Crippen molar-refractivity contribution in [3.8, 4) is 11.4 Å². The zero-order valence-corrected chi connectivity index (χ0v) is 10.8. The number of halogens is 1. The van der Waals surface area contributed by atoms with Crippen LogP contribution in [0.4, 0.5) is 5.69 Å².